The Morgan fingerprint density at radius 3 is 2.46 bits per heavy atom. The predicted octanol–water partition coefficient (Wildman–Crippen LogP) is 3.27. The Balaban J connectivity index is 2.20. The maximum atomic E-state index is 12.1. The fourth-order valence-corrected chi connectivity index (χ4v) is 2.84. The number of fused-ring (bicyclic) bond motifs is 1. The molecule has 0 amide bonds. The molecule has 0 aliphatic carbocycles. The molecule has 6 nitrogen and oxygen atoms in total. The van der Waals surface area contributed by atoms with Crippen molar-refractivity contribution in [2.75, 3.05) is 11.0 Å². The number of hydrogen-bond acceptors (Lipinski definition) is 5. The van der Waals surface area contributed by atoms with Crippen LogP contribution >= 0.6 is 0 Å². The third-order valence-corrected chi connectivity index (χ3v) is 3.81. The highest BCUT2D eigenvalue weighted by molar-refractivity contribution is 7.92. The molecule has 0 atom stereocenters. The molecule has 0 fully saturated rings. The van der Waals surface area contributed by atoms with Crippen LogP contribution in [0.5, 0.6) is 11.5 Å². The summed E-state index contributed by atoms with van der Waals surface area (Å²) in [7, 11) is -3.53. The van der Waals surface area contributed by atoms with Gasteiger partial charge in [0.2, 0.25) is 10.0 Å². The van der Waals surface area contributed by atoms with Crippen molar-refractivity contribution in [2.24, 2.45) is 0 Å². The lowest BCUT2D eigenvalue weighted by Gasteiger charge is -2.13. The Morgan fingerprint density at radius 2 is 1.79 bits per heavy atom. The van der Waals surface area contributed by atoms with Gasteiger partial charge in [0.1, 0.15) is 17.1 Å². The number of sulfonamides is 1. The third-order valence-electron chi connectivity index (χ3n) is 3.22. The van der Waals surface area contributed by atoms with E-state index in [0.717, 1.165) is 6.26 Å². The zero-order valence-corrected chi connectivity index (χ0v) is 13.9. The van der Waals surface area contributed by atoms with E-state index in [1.54, 1.807) is 31.2 Å². The van der Waals surface area contributed by atoms with Gasteiger partial charge in [0.05, 0.1) is 17.3 Å². The maximum Gasteiger partial charge on any atom is 0.229 e. The average Bonchev–Trinajstić information content (AvgIpc) is 2.48. The number of ether oxygens (including phenoxy) is 1. The van der Waals surface area contributed by atoms with Crippen molar-refractivity contribution in [1.82, 2.24) is 0 Å². The summed E-state index contributed by atoms with van der Waals surface area (Å²) in [6.45, 7) is 1.65. The van der Waals surface area contributed by atoms with Crippen molar-refractivity contribution >= 4 is 26.7 Å². The van der Waals surface area contributed by atoms with Crippen molar-refractivity contribution in [1.29, 1.82) is 0 Å². The molecule has 0 radical (unpaired) electrons. The molecule has 0 spiro atoms. The molecule has 24 heavy (non-hydrogen) atoms. The number of nitrogens with one attached hydrogen (secondary N) is 1. The third kappa shape index (κ3) is 3.57. The molecule has 0 bridgehead atoms. The molecule has 0 saturated carbocycles. The summed E-state index contributed by atoms with van der Waals surface area (Å²) < 4.78 is 36.9. The molecular weight excluding hydrogens is 330 g/mol. The first-order chi connectivity index (χ1) is 11.3. The molecule has 2 aromatic carbocycles. The van der Waals surface area contributed by atoms with E-state index in [2.05, 4.69) is 4.72 Å². The van der Waals surface area contributed by atoms with Gasteiger partial charge in [-0.2, -0.15) is 0 Å². The fourth-order valence-electron chi connectivity index (χ4n) is 2.28. The van der Waals surface area contributed by atoms with Crippen LogP contribution in [-0.2, 0) is 10.0 Å². The second-order valence-electron chi connectivity index (χ2n) is 5.36. The van der Waals surface area contributed by atoms with Crippen LogP contribution in [0.15, 0.2) is 57.7 Å². The highest BCUT2D eigenvalue weighted by Crippen LogP contribution is 2.33. The van der Waals surface area contributed by atoms with Crippen LogP contribution in [0.1, 0.15) is 5.76 Å². The van der Waals surface area contributed by atoms with E-state index in [-0.39, 0.29) is 22.4 Å². The van der Waals surface area contributed by atoms with Crippen molar-refractivity contribution in [3.63, 3.8) is 0 Å². The molecule has 3 rings (SSSR count). The van der Waals surface area contributed by atoms with E-state index in [1.807, 2.05) is 6.07 Å². The predicted molar refractivity (Wildman–Crippen MR) is 92.2 cm³/mol. The molecule has 0 saturated heterocycles. The Labute approximate surface area is 138 Å². The van der Waals surface area contributed by atoms with E-state index in [9.17, 15) is 13.2 Å². The van der Waals surface area contributed by atoms with E-state index in [4.69, 9.17) is 9.15 Å². The van der Waals surface area contributed by atoms with Gasteiger partial charge in [0.25, 0.3) is 0 Å². The van der Waals surface area contributed by atoms with Crippen molar-refractivity contribution in [3.8, 4) is 11.5 Å². The number of anilines is 1. The first kappa shape index (κ1) is 16.1. The van der Waals surface area contributed by atoms with Gasteiger partial charge in [0, 0.05) is 12.1 Å². The summed E-state index contributed by atoms with van der Waals surface area (Å²) in [6.07, 6.45) is 1.04. The summed E-state index contributed by atoms with van der Waals surface area (Å²) in [5.74, 6) is 1.18. The van der Waals surface area contributed by atoms with E-state index in [1.165, 1.54) is 18.2 Å². The van der Waals surface area contributed by atoms with Crippen molar-refractivity contribution in [2.45, 2.75) is 6.92 Å². The summed E-state index contributed by atoms with van der Waals surface area (Å²) in [5.41, 5.74) is 0.256. The Kier molecular flexibility index (Phi) is 4.02. The Morgan fingerprint density at radius 1 is 1.08 bits per heavy atom. The minimum absolute atomic E-state index is 0.197. The standard InChI is InChI=1S/C17H15NO5S/c1-11-8-15(19)13-9-17(23-12-6-4-3-5-7-12)14(10-16(13)22-11)18-24(2,20)21/h3-10,18H,1-2H3. The van der Waals surface area contributed by atoms with Crippen LogP contribution in [0.3, 0.4) is 0 Å². The lowest BCUT2D eigenvalue weighted by Crippen LogP contribution is -2.11. The molecular formula is C17H15NO5S. The van der Waals surface area contributed by atoms with Gasteiger partial charge in [-0.15, -0.1) is 0 Å². The quantitative estimate of drug-likeness (QED) is 0.784. The largest absolute Gasteiger partial charge is 0.461 e. The first-order valence-corrected chi connectivity index (χ1v) is 9.00. The van der Waals surface area contributed by atoms with Crippen molar-refractivity contribution < 1.29 is 17.6 Å². The Hall–Kier alpha value is -2.80. The summed E-state index contributed by atoms with van der Waals surface area (Å²) >= 11 is 0. The second-order valence-corrected chi connectivity index (χ2v) is 7.10. The highest BCUT2D eigenvalue weighted by atomic mass is 32.2. The van der Waals surface area contributed by atoms with Gasteiger partial charge in [-0.25, -0.2) is 8.42 Å². The summed E-state index contributed by atoms with van der Waals surface area (Å²) in [5, 5.41) is 0.311. The molecule has 0 unspecified atom stereocenters. The number of rotatable bonds is 4. The van der Waals surface area contributed by atoms with Crippen molar-refractivity contribution in [3.05, 3.63) is 64.5 Å². The zero-order chi connectivity index (χ0) is 17.3. The smallest absolute Gasteiger partial charge is 0.229 e. The lowest BCUT2D eigenvalue weighted by atomic mass is 10.2. The topological polar surface area (TPSA) is 85.6 Å². The van der Waals surface area contributed by atoms with Gasteiger partial charge in [-0.1, -0.05) is 18.2 Å². The van der Waals surface area contributed by atoms with Gasteiger partial charge >= 0.3 is 0 Å². The van der Waals surface area contributed by atoms with E-state index < -0.39 is 10.0 Å². The minimum Gasteiger partial charge on any atom is -0.461 e. The number of benzene rings is 2. The van der Waals surface area contributed by atoms with Gasteiger partial charge in [-0.05, 0) is 25.1 Å². The van der Waals surface area contributed by atoms with Crippen LogP contribution in [0, 0.1) is 6.92 Å². The number of aryl methyl sites for hydroxylation is 1. The molecule has 1 heterocycles. The fraction of sp³-hybridized carbons (Fsp3) is 0.118. The first-order valence-electron chi connectivity index (χ1n) is 7.11. The monoisotopic (exact) mass is 345 g/mol. The molecule has 124 valence electrons. The normalized spacial score (nSPS) is 11.4. The Bertz CT molecular complexity index is 1060. The van der Waals surface area contributed by atoms with Crippen LogP contribution in [-0.4, -0.2) is 14.7 Å². The van der Waals surface area contributed by atoms with E-state index >= 15 is 0 Å². The van der Waals surface area contributed by atoms with Crippen LogP contribution in [0.25, 0.3) is 11.0 Å². The van der Waals surface area contributed by atoms with Crippen LogP contribution in [0.2, 0.25) is 0 Å². The maximum absolute atomic E-state index is 12.1. The average molecular weight is 345 g/mol. The van der Waals surface area contributed by atoms with Crippen LogP contribution < -0.4 is 14.9 Å². The second kappa shape index (κ2) is 6.01. The molecule has 3 aromatic rings. The molecule has 1 N–H and O–H groups in total. The molecule has 0 aliphatic rings. The SMILES string of the molecule is Cc1cc(=O)c2cc(Oc3ccccc3)c(NS(C)(=O)=O)cc2o1. The molecule has 0 aliphatic heterocycles. The van der Waals surface area contributed by atoms with Gasteiger partial charge < -0.3 is 9.15 Å². The van der Waals surface area contributed by atoms with Crippen LogP contribution in [0.4, 0.5) is 5.69 Å². The summed E-state index contributed by atoms with van der Waals surface area (Å²) in [4.78, 5) is 12.1. The zero-order valence-electron chi connectivity index (χ0n) is 13.1. The van der Waals surface area contributed by atoms with Gasteiger partial charge in [-0.3, -0.25) is 9.52 Å². The highest BCUT2D eigenvalue weighted by Gasteiger charge is 2.14. The van der Waals surface area contributed by atoms with E-state index in [0.29, 0.717) is 16.9 Å². The molecule has 7 heteroatoms. The van der Waals surface area contributed by atoms with Gasteiger partial charge in [0.15, 0.2) is 11.2 Å². The molecule has 1 aromatic heterocycles. The summed E-state index contributed by atoms with van der Waals surface area (Å²) in [6, 6.07) is 13.2. The number of para-hydroxylation sites is 1. The lowest BCUT2D eigenvalue weighted by molar-refractivity contribution is 0.484. The minimum atomic E-state index is -3.53. The number of hydrogen-bond donors (Lipinski definition) is 1.